The van der Waals surface area contributed by atoms with Crippen LogP contribution in [0.25, 0.3) is 0 Å². The lowest BCUT2D eigenvalue weighted by Gasteiger charge is -2.42. The molecule has 0 saturated carbocycles. The molecule has 0 aromatic carbocycles. The minimum Gasteiger partial charge on any atom is -0.481 e. The van der Waals surface area contributed by atoms with Crippen molar-refractivity contribution < 1.29 is 14.7 Å². The molecule has 1 saturated heterocycles. The molecular weight excluding hydrogens is 242 g/mol. The van der Waals surface area contributed by atoms with Crippen LogP contribution in [0.1, 0.15) is 53.9 Å². The van der Waals surface area contributed by atoms with Crippen LogP contribution in [0.2, 0.25) is 0 Å². The van der Waals surface area contributed by atoms with Gasteiger partial charge in [0.05, 0.1) is 6.42 Å². The molecule has 1 aliphatic rings. The minimum atomic E-state index is -0.841. The number of nitrogens with zero attached hydrogens (tertiary/aromatic N) is 1. The molecule has 0 radical (unpaired) electrons. The number of rotatable bonds is 4. The van der Waals surface area contributed by atoms with Gasteiger partial charge in [0, 0.05) is 19.0 Å². The normalized spacial score (nSPS) is 28.3. The molecule has 0 aliphatic carbocycles. The molecule has 1 rings (SSSR count). The highest BCUT2D eigenvalue weighted by Gasteiger charge is 2.34. The SMILES string of the molecule is CC1CC(C)C(C)N(C(=O)CC(C)(C)CC(=O)O)C1. The Balaban J connectivity index is 2.68. The van der Waals surface area contributed by atoms with Gasteiger partial charge in [0.2, 0.25) is 5.91 Å². The fourth-order valence-corrected chi connectivity index (χ4v) is 3.03. The highest BCUT2D eigenvalue weighted by molar-refractivity contribution is 5.78. The van der Waals surface area contributed by atoms with Crippen molar-refractivity contribution in [3.8, 4) is 0 Å². The Labute approximate surface area is 116 Å². The van der Waals surface area contributed by atoms with E-state index in [2.05, 4.69) is 20.8 Å². The molecule has 4 heteroatoms. The molecule has 19 heavy (non-hydrogen) atoms. The fraction of sp³-hybridized carbons (Fsp3) is 0.867. The molecule has 0 aromatic rings. The van der Waals surface area contributed by atoms with Crippen molar-refractivity contribution in [2.75, 3.05) is 6.54 Å². The van der Waals surface area contributed by atoms with E-state index in [0.717, 1.165) is 13.0 Å². The van der Waals surface area contributed by atoms with Gasteiger partial charge in [-0.1, -0.05) is 27.7 Å². The van der Waals surface area contributed by atoms with E-state index in [0.29, 0.717) is 18.3 Å². The number of carboxylic acid groups (broad SMARTS) is 1. The van der Waals surface area contributed by atoms with Crippen LogP contribution < -0.4 is 0 Å². The van der Waals surface area contributed by atoms with Crippen molar-refractivity contribution >= 4 is 11.9 Å². The van der Waals surface area contributed by atoms with Crippen molar-refractivity contribution in [1.29, 1.82) is 0 Å². The summed E-state index contributed by atoms with van der Waals surface area (Å²) in [5, 5.41) is 8.88. The fourth-order valence-electron chi connectivity index (χ4n) is 3.03. The smallest absolute Gasteiger partial charge is 0.303 e. The van der Waals surface area contributed by atoms with Crippen molar-refractivity contribution in [3.63, 3.8) is 0 Å². The Bertz CT molecular complexity index is 351. The van der Waals surface area contributed by atoms with Gasteiger partial charge in [0.1, 0.15) is 0 Å². The molecule has 0 bridgehead atoms. The number of hydrogen-bond donors (Lipinski definition) is 1. The maximum atomic E-state index is 12.4. The topological polar surface area (TPSA) is 57.6 Å². The molecule has 1 heterocycles. The largest absolute Gasteiger partial charge is 0.481 e. The van der Waals surface area contributed by atoms with Crippen molar-refractivity contribution in [2.24, 2.45) is 17.3 Å². The summed E-state index contributed by atoms with van der Waals surface area (Å²) in [4.78, 5) is 25.2. The van der Waals surface area contributed by atoms with Gasteiger partial charge < -0.3 is 10.0 Å². The number of amides is 1. The summed E-state index contributed by atoms with van der Waals surface area (Å²) < 4.78 is 0. The number of likely N-dealkylation sites (tertiary alicyclic amines) is 1. The van der Waals surface area contributed by atoms with Gasteiger partial charge in [-0.25, -0.2) is 0 Å². The number of hydrogen-bond acceptors (Lipinski definition) is 2. The molecule has 0 aromatic heterocycles. The number of carbonyl (C=O) groups is 2. The first-order chi connectivity index (χ1) is 8.62. The third kappa shape index (κ3) is 4.51. The maximum absolute atomic E-state index is 12.4. The molecule has 1 amide bonds. The first-order valence-corrected chi connectivity index (χ1v) is 7.13. The van der Waals surface area contributed by atoms with Gasteiger partial charge in [-0.05, 0) is 30.6 Å². The first kappa shape index (κ1) is 16.0. The Morgan fingerprint density at radius 3 is 2.32 bits per heavy atom. The highest BCUT2D eigenvalue weighted by Crippen LogP contribution is 2.31. The van der Waals surface area contributed by atoms with Crippen LogP contribution in [-0.2, 0) is 9.59 Å². The molecule has 4 nitrogen and oxygen atoms in total. The van der Waals surface area contributed by atoms with Gasteiger partial charge in [0.25, 0.3) is 0 Å². The van der Waals surface area contributed by atoms with E-state index in [1.807, 2.05) is 18.7 Å². The average Bonchev–Trinajstić information content (AvgIpc) is 2.20. The summed E-state index contributed by atoms with van der Waals surface area (Å²) in [6.45, 7) is 10.9. The quantitative estimate of drug-likeness (QED) is 0.853. The number of aliphatic carboxylic acids is 1. The lowest BCUT2D eigenvalue weighted by Crippen LogP contribution is -2.49. The van der Waals surface area contributed by atoms with Gasteiger partial charge >= 0.3 is 5.97 Å². The predicted molar refractivity (Wildman–Crippen MR) is 74.8 cm³/mol. The second-order valence-electron chi connectivity index (χ2n) is 7.02. The van der Waals surface area contributed by atoms with Crippen molar-refractivity contribution in [1.82, 2.24) is 4.90 Å². The zero-order valence-electron chi connectivity index (χ0n) is 12.8. The Hall–Kier alpha value is -1.06. The third-order valence-electron chi connectivity index (χ3n) is 4.18. The molecule has 0 spiro atoms. The Kier molecular flexibility index (Phi) is 4.99. The Morgan fingerprint density at radius 2 is 1.79 bits per heavy atom. The highest BCUT2D eigenvalue weighted by atomic mass is 16.4. The van der Waals surface area contributed by atoms with E-state index in [1.54, 1.807) is 0 Å². The van der Waals surface area contributed by atoms with Crippen LogP contribution in [0.3, 0.4) is 0 Å². The lowest BCUT2D eigenvalue weighted by molar-refractivity contribution is -0.142. The van der Waals surface area contributed by atoms with E-state index in [9.17, 15) is 9.59 Å². The second-order valence-corrected chi connectivity index (χ2v) is 7.02. The van der Waals surface area contributed by atoms with Crippen LogP contribution in [0, 0.1) is 17.3 Å². The number of carbonyl (C=O) groups excluding carboxylic acids is 1. The van der Waals surface area contributed by atoms with Crippen LogP contribution >= 0.6 is 0 Å². The maximum Gasteiger partial charge on any atom is 0.303 e. The summed E-state index contributed by atoms with van der Waals surface area (Å²) in [6.07, 6.45) is 1.50. The predicted octanol–water partition coefficient (Wildman–Crippen LogP) is 2.77. The second kappa shape index (κ2) is 5.93. The molecular formula is C15H27NO3. The van der Waals surface area contributed by atoms with Crippen LogP contribution in [0.15, 0.2) is 0 Å². The molecule has 110 valence electrons. The summed E-state index contributed by atoms with van der Waals surface area (Å²) >= 11 is 0. The zero-order chi connectivity index (χ0) is 14.8. The van der Waals surface area contributed by atoms with E-state index in [1.165, 1.54) is 0 Å². The van der Waals surface area contributed by atoms with Crippen LogP contribution in [-0.4, -0.2) is 34.5 Å². The molecule has 3 unspecified atom stereocenters. The standard InChI is InChI=1S/C15H27NO3/c1-10-6-11(2)12(3)16(9-10)13(17)7-15(4,5)8-14(18)19/h10-12H,6-9H2,1-5H3,(H,18,19). The van der Waals surface area contributed by atoms with E-state index >= 15 is 0 Å². The van der Waals surface area contributed by atoms with Crippen LogP contribution in [0.5, 0.6) is 0 Å². The van der Waals surface area contributed by atoms with Crippen LogP contribution in [0.4, 0.5) is 0 Å². The molecule has 1 N–H and O–H groups in total. The number of carboxylic acids is 1. The van der Waals surface area contributed by atoms with Gasteiger partial charge in [-0.15, -0.1) is 0 Å². The molecule has 1 aliphatic heterocycles. The van der Waals surface area contributed by atoms with Gasteiger partial charge in [-0.3, -0.25) is 9.59 Å². The number of piperidine rings is 1. The third-order valence-corrected chi connectivity index (χ3v) is 4.18. The van der Waals surface area contributed by atoms with E-state index in [-0.39, 0.29) is 18.4 Å². The van der Waals surface area contributed by atoms with Gasteiger partial charge in [0.15, 0.2) is 0 Å². The molecule has 3 atom stereocenters. The summed E-state index contributed by atoms with van der Waals surface area (Å²) in [7, 11) is 0. The summed E-state index contributed by atoms with van der Waals surface area (Å²) in [5.74, 6) is 0.288. The summed E-state index contributed by atoms with van der Waals surface area (Å²) in [6, 6.07) is 0.254. The average molecular weight is 269 g/mol. The molecule has 1 fully saturated rings. The van der Waals surface area contributed by atoms with E-state index < -0.39 is 11.4 Å². The van der Waals surface area contributed by atoms with Gasteiger partial charge in [-0.2, -0.15) is 0 Å². The lowest BCUT2D eigenvalue weighted by atomic mass is 9.82. The summed E-state index contributed by atoms with van der Waals surface area (Å²) in [5.41, 5.74) is -0.480. The Morgan fingerprint density at radius 1 is 1.21 bits per heavy atom. The van der Waals surface area contributed by atoms with Crippen molar-refractivity contribution in [2.45, 2.75) is 59.9 Å². The van der Waals surface area contributed by atoms with Crippen molar-refractivity contribution in [3.05, 3.63) is 0 Å². The minimum absolute atomic E-state index is 0.0338. The van der Waals surface area contributed by atoms with E-state index in [4.69, 9.17) is 5.11 Å². The first-order valence-electron chi connectivity index (χ1n) is 7.13. The zero-order valence-corrected chi connectivity index (χ0v) is 12.8. The monoisotopic (exact) mass is 269 g/mol.